The van der Waals surface area contributed by atoms with Crippen LogP contribution in [0.1, 0.15) is 113 Å². The lowest BCUT2D eigenvalue weighted by Gasteiger charge is -2.31. The van der Waals surface area contributed by atoms with Crippen LogP contribution in [0.4, 0.5) is 16.2 Å². The summed E-state index contributed by atoms with van der Waals surface area (Å²) >= 11 is 6.69. The van der Waals surface area contributed by atoms with Crippen molar-refractivity contribution in [2.75, 3.05) is 10.6 Å². The molecule has 0 radical (unpaired) electrons. The van der Waals surface area contributed by atoms with Gasteiger partial charge in [0.15, 0.2) is 23.5 Å². The normalized spacial score (nSPS) is 16.1. The first-order chi connectivity index (χ1) is 22.5. The molecular formula is C38H52ClN3O7. The predicted molar refractivity (Wildman–Crippen MR) is 192 cm³/mol. The fraction of sp³-hybridized carbons (Fsp3) is 0.553. The van der Waals surface area contributed by atoms with Gasteiger partial charge in [-0.05, 0) is 67.7 Å². The highest BCUT2D eigenvalue weighted by Gasteiger charge is 2.55. The van der Waals surface area contributed by atoms with Gasteiger partial charge in [-0.3, -0.25) is 19.2 Å². The number of ketones is 1. The van der Waals surface area contributed by atoms with Gasteiger partial charge in [-0.15, -0.1) is 0 Å². The zero-order valence-electron chi connectivity index (χ0n) is 30.9. The van der Waals surface area contributed by atoms with Gasteiger partial charge in [0.25, 0.3) is 17.7 Å². The molecule has 0 aliphatic carbocycles. The van der Waals surface area contributed by atoms with Gasteiger partial charge in [-0.2, -0.15) is 0 Å². The van der Waals surface area contributed by atoms with Gasteiger partial charge in [0.2, 0.25) is 0 Å². The average molecular weight is 698 g/mol. The molecular weight excluding hydrogens is 646 g/mol. The summed E-state index contributed by atoms with van der Waals surface area (Å²) in [6.45, 7) is 22.3. The van der Waals surface area contributed by atoms with Crippen LogP contribution in [0, 0.1) is 5.41 Å². The number of imide groups is 1. The number of anilines is 2. The predicted octanol–water partition coefficient (Wildman–Crippen LogP) is 8.19. The number of nitrogens with zero attached hydrogens (tertiary/aromatic N) is 1. The Hall–Kier alpha value is -3.92. The second-order valence-electron chi connectivity index (χ2n) is 15.4. The van der Waals surface area contributed by atoms with Gasteiger partial charge in [0, 0.05) is 11.0 Å². The minimum absolute atomic E-state index is 0.0179. The fourth-order valence-corrected chi connectivity index (χ4v) is 5.48. The molecule has 49 heavy (non-hydrogen) atoms. The molecule has 1 aliphatic heterocycles. The molecule has 2 aromatic carbocycles. The molecule has 2 unspecified atom stereocenters. The van der Waals surface area contributed by atoms with E-state index < -0.39 is 52.8 Å². The van der Waals surface area contributed by atoms with Crippen molar-refractivity contribution in [3.63, 3.8) is 0 Å². The van der Waals surface area contributed by atoms with Crippen LogP contribution < -0.4 is 15.4 Å². The SMILES string of the molecule is CCC(Oc1ccc(C(C)(C)CC)cc1C(C)(C)CC)C(=O)Nc1cccc(NC(=O)C(C(=O)C(C)(C)C)N2C(=O)OC(C)(C)C2=O)c1Cl. The van der Waals surface area contributed by atoms with Crippen LogP contribution >= 0.6 is 11.6 Å². The number of Topliss-reactive ketones (excluding diaryl/α,β-unsaturated/α-hetero) is 1. The number of rotatable bonds is 13. The molecule has 3 rings (SSSR count). The molecule has 4 amide bonds. The third-order valence-electron chi connectivity index (χ3n) is 9.47. The summed E-state index contributed by atoms with van der Waals surface area (Å²) in [6, 6.07) is 8.97. The molecule has 2 N–H and O–H groups in total. The van der Waals surface area contributed by atoms with Crippen LogP contribution in [-0.4, -0.2) is 52.2 Å². The molecule has 1 aliphatic rings. The molecule has 2 atom stereocenters. The van der Waals surface area contributed by atoms with Crippen LogP contribution in [0.25, 0.3) is 0 Å². The number of amides is 4. The van der Waals surface area contributed by atoms with E-state index in [1.165, 1.54) is 25.5 Å². The van der Waals surface area contributed by atoms with Crippen LogP contribution in [-0.2, 0) is 34.7 Å². The fourth-order valence-electron chi connectivity index (χ4n) is 5.26. The van der Waals surface area contributed by atoms with Gasteiger partial charge >= 0.3 is 6.09 Å². The van der Waals surface area contributed by atoms with E-state index in [9.17, 15) is 24.0 Å². The van der Waals surface area contributed by atoms with E-state index in [1.807, 2.05) is 13.0 Å². The number of hydrogen-bond acceptors (Lipinski definition) is 7. The topological polar surface area (TPSA) is 131 Å². The molecule has 268 valence electrons. The number of carbonyl (C=O) groups is 5. The standard InChI is InChI=1S/C38H52ClN3O7/c1-13-26(48-27-20-19-22(36(7,8)14-2)21-23(27)37(9,10)15-3)31(44)40-24-17-16-18-25(28(24)39)41-32(45)29(30(43)35(4,5)6)42-33(46)38(11,12)49-34(42)47/h16-21,26,29H,13-15H2,1-12H3,(H,40,44)(H,41,45). The van der Waals surface area contributed by atoms with E-state index in [1.54, 1.807) is 32.9 Å². The van der Waals surface area contributed by atoms with Crippen molar-refractivity contribution in [2.45, 2.75) is 131 Å². The van der Waals surface area contributed by atoms with Crippen molar-refractivity contribution in [1.29, 1.82) is 0 Å². The quantitative estimate of drug-likeness (QED) is 0.202. The van der Waals surface area contributed by atoms with E-state index in [0.717, 1.165) is 18.4 Å². The van der Waals surface area contributed by atoms with Gasteiger partial charge in [-0.25, -0.2) is 9.69 Å². The van der Waals surface area contributed by atoms with Crippen molar-refractivity contribution >= 4 is 52.6 Å². The molecule has 11 heteroatoms. The Kier molecular flexibility index (Phi) is 11.7. The Morgan fingerprint density at radius 1 is 0.878 bits per heavy atom. The number of benzene rings is 2. The lowest BCUT2D eigenvalue weighted by atomic mass is 9.76. The second-order valence-corrected chi connectivity index (χ2v) is 15.8. The molecule has 1 saturated heterocycles. The van der Waals surface area contributed by atoms with Gasteiger partial charge < -0.3 is 20.1 Å². The lowest BCUT2D eigenvalue weighted by Crippen LogP contribution is -2.55. The van der Waals surface area contributed by atoms with Crippen molar-refractivity contribution in [1.82, 2.24) is 4.90 Å². The van der Waals surface area contributed by atoms with Crippen LogP contribution in [0.2, 0.25) is 5.02 Å². The number of nitrogens with one attached hydrogen (secondary N) is 2. The number of carbonyl (C=O) groups excluding carboxylic acids is 5. The van der Waals surface area contributed by atoms with Crippen LogP contribution in [0.3, 0.4) is 0 Å². The average Bonchev–Trinajstić information content (AvgIpc) is 3.22. The molecule has 10 nitrogen and oxygen atoms in total. The van der Waals surface area contributed by atoms with Crippen LogP contribution in [0.5, 0.6) is 5.75 Å². The Balaban J connectivity index is 1.90. The monoisotopic (exact) mass is 697 g/mol. The number of halogens is 1. The Bertz CT molecular complexity index is 1620. The van der Waals surface area contributed by atoms with E-state index in [0.29, 0.717) is 17.1 Å². The zero-order chi connectivity index (χ0) is 37.3. The molecule has 0 aromatic heterocycles. The van der Waals surface area contributed by atoms with Crippen LogP contribution in [0.15, 0.2) is 36.4 Å². The second kappa shape index (κ2) is 14.5. The summed E-state index contributed by atoms with van der Waals surface area (Å²) < 4.78 is 11.6. The van der Waals surface area contributed by atoms with E-state index >= 15 is 0 Å². The van der Waals surface area contributed by atoms with Crippen molar-refractivity contribution in [2.24, 2.45) is 5.41 Å². The molecule has 0 saturated carbocycles. The molecule has 2 aromatic rings. The Morgan fingerprint density at radius 2 is 1.43 bits per heavy atom. The summed E-state index contributed by atoms with van der Waals surface area (Å²) in [6.07, 6.45) is 0.230. The van der Waals surface area contributed by atoms with E-state index in [4.69, 9.17) is 21.1 Å². The molecule has 0 bridgehead atoms. The van der Waals surface area contributed by atoms with Crippen molar-refractivity contribution in [3.8, 4) is 5.75 Å². The summed E-state index contributed by atoms with van der Waals surface area (Å²) in [5, 5.41) is 5.38. The van der Waals surface area contributed by atoms with Gasteiger partial charge in [-0.1, -0.05) is 99.0 Å². The smallest absolute Gasteiger partial charge is 0.418 e. The largest absolute Gasteiger partial charge is 0.480 e. The number of hydrogen-bond donors (Lipinski definition) is 2. The zero-order valence-corrected chi connectivity index (χ0v) is 31.7. The lowest BCUT2D eigenvalue weighted by molar-refractivity contribution is -0.145. The van der Waals surface area contributed by atoms with Gasteiger partial charge in [0.05, 0.1) is 16.4 Å². The van der Waals surface area contributed by atoms with E-state index in [-0.39, 0.29) is 27.2 Å². The highest BCUT2D eigenvalue weighted by molar-refractivity contribution is 6.37. The molecule has 1 fully saturated rings. The molecule has 0 spiro atoms. The molecule has 1 heterocycles. The summed E-state index contributed by atoms with van der Waals surface area (Å²) in [4.78, 5) is 67.1. The first-order valence-electron chi connectivity index (χ1n) is 16.8. The van der Waals surface area contributed by atoms with Gasteiger partial charge in [0.1, 0.15) is 5.75 Å². The Morgan fingerprint density at radius 3 is 1.90 bits per heavy atom. The third-order valence-corrected chi connectivity index (χ3v) is 9.88. The first-order valence-corrected chi connectivity index (χ1v) is 17.2. The highest BCUT2D eigenvalue weighted by atomic mass is 35.5. The van der Waals surface area contributed by atoms with Crippen molar-refractivity contribution in [3.05, 3.63) is 52.5 Å². The first kappa shape index (κ1) is 39.5. The van der Waals surface area contributed by atoms with Crippen molar-refractivity contribution < 1.29 is 33.4 Å². The number of cyclic esters (lactones) is 1. The number of ether oxygens (including phenoxy) is 2. The third kappa shape index (κ3) is 8.46. The maximum absolute atomic E-state index is 13.7. The summed E-state index contributed by atoms with van der Waals surface area (Å²) in [7, 11) is 0. The maximum Gasteiger partial charge on any atom is 0.418 e. The highest BCUT2D eigenvalue weighted by Crippen LogP contribution is 2.39. The summed E-state index contributed by atoms with van der Waals surface area (Å²) in [5.41, 5.74) is -0.410. The minimum atomic E-state index is -1.81. The van der Waals surface area contributed by atoms with E-state index in [2.05, 4.69) is 64.3 Å². The Labute approximate surface area is 295 Å². The summed E-state index contributed by atoms with van der Waals surface area (Å²) in [5.74, 6) is -2.26. The minimum Gasteiger partial charge on any atom is -0.480 e. The maximum atomic E-state index is 13.7.